The third-order valence-electron chi connectivity index (χ3n) is 2.72. The van der Waals surface area contributed by atoms with E-state index in [4.69, 9.17) is 0 Å². The molecule has 0 spiro atoms. The number of halogens is 2. The van der Waals surface area contributed by atoms with Gasteiger partial charge in [0, 0.05) is 0 Å². The van der Waals surface area contributed by atoms with Gasteiger partial charge in [-0.2, -0.15) is 0 Å². The quantitative estimate of drug-likeness (QED) is 0.470. The monoisotopic (exact) mass is 399 g/mol. The van der Waals surface area contributed by atoms with Crippen LogP contribution in [-0.4, -0.2) is 0 Å². The minimum atomic E-state index is 0. The van der Waals surface area contributed by atoms with Crippen LogP contribution >= 0.6 is 0 Å². The van der Waals surface area contributed by atoms with E-state index < -0.39 is 0 Å². The van der Waals surface area contributed by atoms with Crippen molar-refractivity contribution in [1.82, 2.24) is 0 Å². The van der Waals surface area contributed by atoms with E-state index in [0.29, 0.717) is 0 Å². The Kier molecular flexibility index (Phi) is 10.1. The van der Waals surface area contributed by atoms with Crippen molar-refractivity contribution in [3.05, 3.63) is 20.0 Å². The maximum absolute atomic E-state index is 2.29. The van der Waals surface area contributed by atoms with Gasteiger partial charge in [-0.1, -0.05) is 0 Å². The Bertz CT molecular complexity index is 242. The molecule has 14 heavy (non-hydrogen) atoms. The Morgan fingerprint density at radius 2 is 1.43 bits per heavy atom. The molecule has 1 rings (SSSR count). The van der Waals surface area contributed by atoms with Crippen LogP contribution in [-0.2, 0) is 24.4 Å². The van der Waals surface area contributed by atoms with Crippen LogP contribution in [0.3, 0.4) is 0 Å². The van der Waals surface area contributed by atoms with Crippen molar-refractivity contribution in [1.29, 1.82) is 0 Å². The summed E-state index contributed by atoms with van der Waals surface area (Å²) < 4.78 is 1.73. The number of hydrogen-bond acceptors (Lipinski definition) is 0. The second-order valence-corrected chi connectivity index (χ2v) is 5.09. The van der Waals surface area contributed by atoms with Crippen LogP contribution in [0, 0.1) is 0 Å². The van der Waals surface area contributed by atoms with Crippen molar-refractivity contribution in [2.24, 2.45) is 0 Å². The molecule has 3 heteroatoms. The van der Waals surface area contributed by atoms with E-state index in [1.807, 2.05) is 0 Å². The third-order valence-corrected chi connectivity index (χ3v) is 5.07. The Morgan fingerprint density at radius 3 is 1.71 bits per heavy atom. The molecule has 0 N–H and O–H groups in total. The standard InChI is InChI=1S/C11H17.2ClH.Hf/c1-4-9-7-10(5-2)11(6-3)8-9;;;/h4-7H2,1-3H3;2*1H;/q;;;+2/p-2. The molecule has 1 aliphatic rings. The summed E-state index contributed by atoms with van der Waals surface area (Å²) in [5.41, 5.74) is 5.16. The van der Waals surface area contributed by atoms with Crippen LogP contribution in [0.25, 0.3) is 0 Å². The van der Waals surface area contributed by atoms with Gasteiger partial charge in [0.05, 0.1) is 0 Å². The summed E-state index contributed by atoms with van der Waals surface area (Å²) in [6.45, 7) is 6.87. The molecule has 0 fully saturated rings. The molecule has 0 saturated heterocycles. The Balaban J connectivity index is 0. The average Bonchev–Trinajstić information content (AvgIpc) is 2.41. The summed E-state index contributed by atoms with van der Waals surface area (Å²) in [6, 6.07) is 0. The van der Waals surface area contributed by atoms with Crippen molar-refractivity contribution in [2.45, 2.75) is 46.5 Å². The van der Waals surface area contributed by atoms with Crippen molar-refractivity contribution in [3.63, 3.8) is 0 Å². The zero-order chi connectivity index (χ0) is 9.14. The molecule has 0 bridgehead atoms. The Labute approximate surface area is 115 Å². The fourth-order valence-electron chi connectivity index (χ4n) is 1.91. The van der Waals surface area contributed by atoms with E-state index in [1.165, 1.54) is 50.1 Å². The first kappa shape index (κ1) is 17.3. The molecule has 0 radical (unpaired) electrons. The van der Waals surface area contributed by atoms with Crippen LogP contribution in [0.2, 0.25) is 0 Å². The molecule has 0 amide bonds. The van der Waals surface area contributed by atoms with Gasteiger partial charge in [0.2, 0.25) is 0 Å². The molecule has 0 saturated carbocycles. The summed E-state index contributed by atoms with van der Waals surface area (Å²) in [5.74, 6) is 0. The van der Waals surface area contributed by atoms with Crippen molar-refractivity contribution in [3.8, 4) is 0 Å². The molecule has 79 valence electrons. The molecule has 0 nitrogen and oxygen atoms in total. The van der Waals surface area contributed by atoms with Crippen LogP contribution in [0.4, 0.5) is 0 Å². The number of allylic oxidation sites excluding steroid dienone is 4. The smallest absolute Gasteiger partial charge is 1.00 e. The second kappa shape index (κ2) is 8.13. The van der Waals surface area contributed by atoms with E-state index in [1.54, 1.807) is 20.0 Å². The second-order valence-electron chi connectivity index (χ2n) is 3.30. The van der Waals surface area contributed by atoms with E-state index in [0.717, 1.165) is 0 Å². The molecule has 0 aromatic carbocycles. The normalized spacial score (nSPS) is 15.5. The minimum absolute atomic E-state index is 0. The molecule has 0 heterocycles. The molecule has 0 unspecified atom stereocenters. The van der Waals surface area contributed by atoms with Crippen LogP contribution in [0.15, 0.2) is 20.0 Å². The maximum atomic E-state index is 2.29. The molecule has 0 aromatic heterocycles. The number of hydrogen-bond donors (Lipinski definition) is 0. The van der Waals surface area contributed by atoms with Gasteiger partial charge in [-0.3, -0.25) is 0 Å². The summed E-state index contributed by atoms with van der Waals surface area (Å²) in [6.07, 6.45) is 5.09. The van der Waals surface area contributed by atoms with E-state index in [2.05, 4.69) is 20.8 Å². The summed E-state index contributed by atoms with van der Waals surface area (Å²) in [5, 5.41) is 0. The largest absolute Gasteiger partial charge is 1.00 e. The fraction of sp³-hybridized carbons (Fsp3) is 0.636. The zero-order valence-corrected chi connectivity index (χ0v) is 14.2. The van der Waals surface area contributed by atoms with Gasteiger partial charge in [0.1, 0.15) is 0 Å². The molecule has 1 aliphatic carbocycles. The SMILES string of the molecule is CCC1=[C]([Hf+2])C(CC)=C(CC)C1.[Cl-].[Cl-]. The zero-order valence-electron chi connectivity index (χ0n) is 9.08. The topological polar surface area (TPSA) is 0 Å². The summed E-state index contributed by atoms with van der Waals surface area (Å²) in [7, 11) is 0. The van der Waals surface area contributed by atoms with Gasteiger partial charge < -0.3 is 24.8 Å². The van der Waals surface area contributed by atoms with Crippen LogP contribution < -0.4 is 24.8 Å². The first-order valence-electron chi connectivity index (χ1n) is 4.89. The van der Waals surface area contributed by atoms with E-state index >= 15 is 0 Å². The van der Waals surface area contributed by atoms with Crippen molar-refractivity contribution >= 4 is 0 Å². The molecular formula is C11H17Cl2Hf. The fourth-order valence-corrected chi connectivity index (χ4v) is 4.13. The van der Waals surface area contributed by atoms with Crippen LogP contribution in [0.1, 0.15) is 46.5 Å². The van der Waals surface area contributed by atoms with Crippen molar-refractivity contribution in [2.75, 3.05) is 0 Å². The predicted molar refractivity (Wildman–Crippen MR) is 49.5 cm³/mol. The molecular weight excluding hydrogens is 382 g/mol. The minimum Gasteiger partial charge on any atom is -1.00 e. The molecule has 0 aromatic rings. The van der Waals surface area contributed by atoms with E-state index in [-0.39, 0.29) is 24.8 Å². The van der Waals surface area contributed by atoms with Gasteiger partial charge in [-0.25, -0.2) is 0 Å². The van der Waals surface area contributed by atoms with Crippen molar-refractivity contribution < 1.29 is 49.2 Å². The first-order valence-corrected chi connectivity index (χ1v) is 6.69. The van der Waals surface area contributed by atoms with Gasteiger partial charge in [-0.15, -0.1) is 0 Å². The van der Waals surface area contributed by atoms with Gasteiger partial charge >= 0.3 is 90.9 Å². The van der Waals surface area contributed by atoms with Gasteiger partial charge in [-0.05, 0) is 0 Å². The average molecular weight is 399 g/mol. The Morgan fingerprint density at radius 1 is 0.929 bits per heavy atom. The molecule has 0 atom stereocenters. The van der Waals surface area contributed by atoms with Gasteiger partial charge in [0.25, 0.3) is 0 Å². The molecule has 0 aliphatic heterocycles. The summed E-state index contributed by atoms with van der Waals surface area (Å²) in [4.78, 5) is 0. The first-order chi connectivity index (χ1) is 5.74. The third kappa shape index (κ3) is 3.50. The summed E-state index contributed by atoms with van der Waals surface area (Å²) >= 11 is 1.25. The van der Waals surface area contributed by atoms with Gasteiger partial charge in [0.15, 0.2) is 0 Å². The maximum Gasteiger partial charge on any atom is -1.00 e. The van der Waals surface area contributed by atoms with Crippen LogP contribution in [0.5, 0.6) is 0 Å². The Hall–Kier alpha value is 0.930. The number of rotatable bonds is 3. The predicted octanol–water partition coefficient (Wildman–Crippen LogP) is -2.27. The van der Waals surface area contributed by atoms with E-state index in [9.17, 15) is 0 Å².